The van der Waals surface area contributed by atoms with Crippen LogP contribution in [0.1, 0.15) is 38.3 Å². The Labute approximate surface area is 119 Å². The highest BCUT2D eigenvalue weighted by atomic mass is 35.5. The fourth-order valence-electron chi connectivity index (χ4n) is 2.32. The summed E-state index contributed by atoms with van der Waals surface area (Å²) in [5, 5.41) is 3.76. The molecule has 1 fully saturated rings. The molecule has 19 heavy (non-hydrogen) atoms. The molecule has 0 aliphatic carbocycles. The molecule has 0 aromatic heterocycles. The molecular weight excluding hydrogens is 260 g/mol. The molecule has 1 unspecified atom stereocenters. The van der Waals surface area contributed by atoms with Gasteiger partial charge in [0.2, 0.25) is 0 Å². The number of nitrogens with zero attached hydrogens (tertiary/aromatic N) is 1. The largest absolute Gasteiger partial charge is 0.331 e. The van der Waals surface area contributed by atoms with Gasteiger partial charge in [-0.2, -0.15) is 0 Å². The van der Waals surface area contributed by atoms with E-state index in [4.69, 9.17) is 11.6 Å². The monoisotopic (exact) mass is 280 g/mol. The lowest BCUT2D eigenvalue weighted by atomic mass is 9.99. The molecule has 0 saturated carbocycles. The van der Waals surface area contributed by atoms with E-state index in [2.05, 4.69) is 12.2 Å². The lowest BCUT2D eigenvalue weighted by molar-refractivity contribution is 0.171. The van der Waals surface area contributed by atoms with E-state index in [0.29, 0.717) is 5.02 Å². The number of hydrogen-bond acceptors (Lipinski definition) is 1. The fraction of sp³-hybridized carbons (Fsp3) is 0.533. The van der Waals surface area contributed by atoms with Gasteiger partial charge in [-0.15, -0.1) is 0 Å². The van der Waals surface area contributed by atoms with Gasteiger partial charge in [-0.1, -0.05) is 30.7 Å². The van der Waals surface area contributed by atoms with Crippen molar-refractivity contribution in [2.75, 3.05) is 13.1 Å². The Morgan fingerprint density at radius 2 is 1.89 bits per heavy atom. The van der Waals surface area contributed by atoms with Crippen LogP contribution in [0.25, 0.3) is 0 Å². The number of amides is 2. The second kappa shape index (κ2) is 6.29. The van der Waals surface area contributed by atoms with E-state index < -0.39 is 0 Å². The summed E-state index contributed by atoms with van der Waals surface area (Å²) in [5.74, 6) is 0.734. The van der Waals surface area contributed by atoms with Crippen molar-refractivity contribution >= 4 is 17.6 Å². The Morgan fingerprint density at radius 1 is 1.32 bits per heavy atom. The van der Waals surface area contributed by atoms with Crippen molar-refractivity contribution in [1.29, 1.82) is 0 Å². The Morgan fingerprint density at radius 3 is 2.47 bits per heavy atom. The van der Waals surface area contributed by atoms with Crippen molar-refractivity contribution in [1.82, 2.24) is 10.2 Å². The molecule has 1 N–H and O–H groups in total. The zero-order valence-corrected chi connectivity index (χ0v) is 12.3. The summed E-state index contributed by atoms with van der Waals surface area (Å²) in [7, 11) is 0. The van der Waals surface area contributed by atoms with Crippen molar-refractivity contribution in [2.24, 2.45) is 5.92 Å². The number of urea groups is 1. The molecule has 1 aliphatic rings. The second-order valence-electron chi connectivity index (χ2n) is 5.39. The summed E-state index contributed by atoms with van der Waals surface area (Å²) < 4.78 is 0. The Bertz CT molecular complexity index is 424. The van der Waals surface area contributed by atoms with Crippen LogP contribution in [-0.4, -0.2) is 24.0 Å². The second-order valence-corrected chi connectivity index (χ2v) is 5.83. The van der Waals surface area contributed by atoms with Gasteiger partial charge in [0, 0.05) is 18.1 Å². The molecule has 2 rings (SSSR count). The van der Waals surface area contributed by atoms with E-state index in [1.165, 1.54) is 0 Å². The summed E-state index contributed by atoms with van der Waals surface area (Å²) in [6.45, 7) is 5.96. The molecule has 0 bridgehead atoms. The van der Waals surface area contributed by atoms with E-state index in [9.17, 15) is 4.79 Å². The van der Waals surface area contributed by atoms with E-state index >= 15 is 0 Å². The topological polar surface area (TPSA) is 32.3 Å². The first-order valence-electron chi connectivity index (χ1n) is 6.87. The zero-order chi connectivity index (χ0) is 13.8. The van der Waals surface area contributed by atoms with Crippen molar-refractivity contribution in [3.8, 4) is 0 Å². The number of benzene rings is 1. The molecule has 1 heterocycles. The standard InChI is InChI=1S/C15H21ClN2O/c1-11-7-9-18(10-8-11)15(19)17-12(2)13-3-5-14(16)6-4-13/h3-6,11-12H,7-10H2,1-2H3,(H,17,19). The summed E-state index contributed by atoms with van der Waals surface area (Å²) >= 11 is 5.86. The number of rotatable bonds is 2. The van der Waals surface area contributed by atoms with E-state index in [0.717, 1.165) is 37.4 Å². The highest BCUT2D eigenvalue weighted by Crippen LogP contribution is 2.18. The normalized spacial score (nSPS) is 18.2. The maximum atomic E-state index is 12.1. The molecule has 1 aromatic rings. The van der Waals surface area contributed by atoms with Gasteiger partial charge in [0.1, 0.15) is 0 Å². The van der Waals surface area contributed by atoms with Crippen molar-refractivity contribution in [2.45, 2.75) is 32.7 Å². The van der Waals surface area contributed by atoms with Crippen LogP contribution in [0.3, 0.4) is 0 Å². The highest BCUT2D eigenvalue weighted by molar-refractivity contribution is 6.30. The Balaban J connectivity index is 1.89. The lowest BCUT2D eigenvalue weighted by Gasteiger charge is -2.31. The van der Waals surface area contributed by atoms with Gasteiger partial charge in [0.05, 0.1) is 6.04 Å². The van der Waals surface area contributed by atoms with Crippen LogP contribution in [0, 0.1) is 5.92 Å². The molecule has 4 heteroatoms. The van der Waals surface area contributed by atoms with Gasteiger partial charge in [0.25, 0.3) is 0 Å². The first kappa shape index (κ1) is 14.2. The number of likely N-dealkylation sites (tertiary alicyclic amines) is 1. The van der Waals surface area contributed by atoms with Crippen LogP contribution >= 0.6 is 11.6 Å². The van der Waals surface area contributed by atoms with Crippen LogP contribution in [0.2, 0.25) is 5.02 Å². The lowest BCUT2D eigenvalue weighted by Crippen LogP contribution is -2.44. The van der Waals surface area contributed by atoms with Crippen LogP contribution in [0.4, 0.5) is 4.79 Å². The molecule has 3 nitrogen and oxygen atoms in total. The van der Waals surface area contributed by atoms with Crippen LogP contribution in [0.15, 0.2) is 24.3 Å². The first-order valence-corrected chi connectivity index (χ1v) is 7.25. The molecule has 1 aromatic carbocycles. The smallest absolute Gasteiger partial charge is 0.317 e. The molecule has 1 aliphatic heterocycles. The van der Waals surface area contributed by atoms with Crippen LogP contribution in [-0.2, 0) is 0 Å². The highest BCUT2D eigenvalue weighted by Gasteiger charge is 2.21. The van der Waals surface area contributed by atoms with Gasteiger partial charge in [-0.05, 0) is 43.4 Å². The summed E-state index contributed by atoms with van der Waals surface area (Å²) in [5.41, 5.74) is 1.07. The summed E-state index contributed by atoms with van der Waals surface area (Å²) in [6.07, 6.45) is 2.20. The van der Waals surface area contributed by atoms with Crippen LogP contribution < -0.4 is 5.32 Å². The third-order valence-electron chi connectivity index (χ3n) is 3.78. The van der Waals surface area contributed by atoms with Crippen molar-refractivity contribution in [3.63, 3.8) is 0 Å². The number of nitrogens with one attached hydrogen (secondary N) is 1. The number of halogens is 1. The van der Waals surface area contributed by atoms with Gasteiger partial charge < -0.3 is 10.2 Å². The number of piperidine rings is 1. The maximum Gasteiger partial charge on any atom is 0.317 e. The molecule has 0 spiro atoms. The van der Waals surface area contributed by atoms with Gasteiger partial charge in [-0.25, -0.2) is 4.79 Å². The van der Waals surface area contributed by atoms with Gasteiger partial charge in [0.15, 0.2) is 0 Å². The molecular formula is C15H21ClN2O. The summed E-state index contributed by atoms with van der Waals surface area (Å²) in [4.78, 5) is 14.1. The molecule has 104 valence electrons. The zero-order valence-electron chi connectivity index (χ0n) is 11.5. The minimum Gasteiger partial charge on any atom is -0.331 e. The van der Waals surface area contributed by atoms with Crippen LogP contribution in [0.5, 0.6) is 0 Å². The average molecular weight is 281 g/mol. The van der Waals surface area contributed by atoms with Gasteiger partial charge >= 0.3 is 6.03 Å². The fourth-order valence-corrected chi connectivity index (χ4v) is 2.45. The quantitative estimate of drug-likeness (QED) is 0.877. The van der Waals surface area contributed by atoms with Crippen molar-refractivity contribution < 1.29 is 4.79 Å². The minimum atomic E-state index is 0.00381. The Kier molecular flexibility index (Phi) is 4.70. The number of carbonyl (C=O) groups excluding carboxylic acids is 1. The molecule has 1 saturated heterocycles. The first-order chi connectivity index (χ1) is 9.06. The van der Waals surface area contributed by atoms with Gasteiger partial charge in [-0.3, -0.25) is 0 Å². The maximum absolute atomic E-state index is 12.1. The Hall–Kier alpha value is -1.22. The molecule has 2 amide bonds. The predicted molar refractivity (Wildman–Crippen MR) is 78.4 cm³/mol. The number of hydrogen-bond donors (Lipinski definition) is 1. The van der Waals surface area contributed by atoms with E-state index in [-0.39, 0.29) is 12.1 Å². The van der Waals surface area contributed by atoms with E-state index in [1.807, 2.05) is 36.1 Å². The molecule has 1 atom stereocenters. The third kappa shape index (κ3) is 3.87. The predicted octanol–water partition coefficient (Wildman–Crippen LogP) is 3.84. The third-order valence-corrected chi connectivity index (χ3v) is 4.03. The molecule has 0 radical (unpaired) electrons. The number of carbonyl (C=O) groups is 1. The van der Waals surface area contributed by atoms with Crippen molar-refractivity contribution in [3.05, 3.63) is 34.9 Å². The summed E-state index contributed by atoms with van der Waals surface area (Å²) in [6, 6.07) is 7.64. The SMILES string of the molecule is CC1CCN(C(=O)NC(C)c2ccc(Cl)cc2)CC1. The minimum absolute atomic E-state index is 0.00381. The average Bonchev–Trinajstić information content (AvgIpc) is 2.40. The van der Waals surface area contributed by atoms with E-state index in [1.54, 1.807) is 0 Å².